The number of hydrogen-bond acceptors (Lipinski definition) is 6. The molecule has 7 nitrogen and oxygen atoms in total. The Bertz CT molecular complexity index is 778. The summed E-state index contributed by atoms with van der Waals surface area (Å²) in [5.41, 5.74) is 0.692. The average Bonchev–Trinajstić information content (AvgIpc) is 3.31. The first-order valence-corrected chi connectivity index (χ1v) is 9.16. The van der Waals surface area contributed by atoms with Crippen LogP contribution in [0, 0.1) is 0 Å². The molecule has 2 aromatic rings. The minimum atomic E-state index is -0.465. The number of rotatable bonds is 4. The van der Waals surface area contributed by atoms with Crippen molar-refractivity contribution in [2.45, 2.75) is 31.5 Å². The number of aromatic nitrogens is 2. The van der Waals surface area contributed by atoms with Crippen LogP contribution in [-0.2, 0) is 20.7 Å². The van der Waals surface area contributed by atoms with E-state index < -0.39 is 5.79 Å². The molecule has 3 heterocycles. The van der Waals surface area contributed by atoms with E-state index in [2.05, 4.69) is 10.2 Å². The van der Waals surface area contributed by atoms with Gasteiger partial charge in [0.25, 0.3) is 0 Å². The van der Waals surface area contributed by atoms with Crippen LogP contribution < -0.4 is 0 Å². The number of piperidine rings is 1. The maximum Gasteiger partial charge on any atom is 0.249 e. The number of aryl methyl sites for hydroxylation is 1. The van der Waals surface area contributed by atoms with Gasteiger partial charge in [-0.05, 0) is 12.1 Å². The molecule has 0 bridgehead atoms. The van der Waals surface area contributed by atoms with Gasteiger partial charge in [-0.25, -0.2) is 0 Å². The predicted octanol–water partition coefficient (Wildman–Crippen LogP) is 2.69. The van der Waals surface area contributed by atoms with Crippen LogP contribution in [-0.4, -0.2) is 53.1 Å². The van der Waals surface area contributed by atoms with Crippen molar-refractivity contribution < 1.29 is 18.7 Å². The fourth-order valence-electron chi connectivity index (χ4n) is 3.35. The van der Waals surface area contributed by atoms with Gasteiger partial charge in [0, 0.05) is 38.8 Å². The highest BCUT2D eigenvalue weighted by Crippen LogP contribution is 2.31. The predicted molar refractivity (Wildman–Crippen MR) is 93.5 cm³/mol. The monoisotopic (exact) mass is 377 g/mol. The summed E-state index contributed by atoms with van der Waals surface area (Å²) in [7, 11) is 0. The molecule has 2 saturated heterocycles. The summed E-state index contributed by atoms with van der Waals surface area (Å²) < 4.78 is 17.0. The third kappa shape index (κ3) is 3.60. The van der Waals surface area contributed by atoms with Crippen molar-refractivity contribution in [1.29, 1.82) is 0 Å². The Morgan fingerprint density at radius 2 is 1.88 bits per heavy atom. The quantitative estimate of drug-likeness (QED) is 0.815. The Labute approximate surface area is 156 Å². The van der Waals surface area contributed by atoms with Crippen molar-refractivity contribution in [3.05, 3.63) is 35.2 Å². The van der Waals surface area contributed by atoms with Crippen molar-refractivity contribution in [3.8, 4) is 11.5 Å². The fraction of sp³-hybridized carbons (Fsp3) is 0.500. The molecular formula is C18H20ClN3O4. The number of ether oxygens (including phenoxy) is 2. The smallest absolute Gasteiger partial charge is 0.249 e. The number of likely N-dealkylation sites (tertiary alicyclic amines) is 1. The molecule has 0 radical (unpaired) electrons. The van der Waals surface area contributed by atoms with Crippen molar-refractivity contribution in [3.63, 3.8) is 0 Å². The van der Waals surface area contributed by atoms with Gasteiger partial charge in [-0.1, -0.05) is 23.7 Å². The van der Waals surface area contributed by atoms with E-state index in [1.165, 1.54) is 0 Å². The number of carbonyl (C=O) groups is 1. The minimum Gasteiger partial charge on any atom is -0.421 e. The number of hydrogen-bond donors (Lipinski definition) is 0. The van der Waals surface area contributed by atoms with Crippen molar-refractivity contribution >= 4 is 17.5 Å². The van der Waals surface area contributed by atoms with Gasteiger partial charge in [-0.15, -0.1) is 10.2 Å². The maximum atomic E-state index is 12.4. The lowest BCUT2D eigenvalue weighted by molar-refractivity contribution is -0.187. The summed E-state index contributed by atoms with van der Waals surface area (Å²) >= 11 is 6.14. The molecule has 0 aliphatic carbocycles. The minimum absolute atomic E-state index is 0.0790. The molecule has 1 aromatic carbocycles. The molecule has 0 N–H and O–H groups in total. The van der Waals surface area contributed by atoms with E-state index in [1.54, 1.807) is 6.07 Å². The van der Waals surface area contributed by atoms with Gasteiger partial charge < -0.3 is 18.8 Å². The molecule has 26 heavy (non-hydrogen) atoms. The highest BCUT2D eigenvalue weighted by molar-refractivity contribution is 6.33. The van der Waals surface area contributed by atoms with E-state index in [1.807, 2.05) is 23.1 Å². The molecule has 0 atom stereocenters. The average molecular weight is 378 g/mol. The Morgan fingerprint density at radius 1 is 1.15 bits per heavy atom. The molecule has 4 rings (SSSR count). The van der Waals surface area contributed by atoms with Gasteiger partial charge in [0.1, 0.15) is 0 Å². The lowest BCUT2D eigenvalue weighted by atomic mass is 10.0. The van der Waals surface area contributed by atoms with E-state index in [4.69, 9.17) is 25.5 Å². The summed E-state index contributed by atoms with van der Waals surface area (Å²) in [5.74, 6) is 0.417. The van der Waals surface area contributed by atoms with Crippen LogP contribution in [0.1, 0.15) is 25.2 Å². The number of halogens is 1. The molecule has 1 amide bonds. The topological polar surface area (TPSA) is 77.7 Å². The Balaban J connectivity index is 1.31. The molecular weight excluding hydrogens is 358 g/mol. The van der Waals surface area contributed by atoms with Crippen molar-refractivity contribution in [2.75, 3.05) is 26.3 Å². The van der Waals surface area contributed by atoms with E-state index in [0.29, 0.717) is 61.5 Å². The molecule has 138 valence electrons. The van der Waals surface area contributed by atoms with Crippen LogP contribution in [0.3, 0.4) is 0 Å². The number of nitrogens with zero attached hydrogens (tertiary/aromatic N) is 3. The lowest BCUT2D eigenvalue weighted by Crippen LogP contribution is -2.47. The summed E-state index contributed by atoms with van der Waals surface area (Å²) in [6.45, 7) is 2.57. The number of benzene rings is 1. The molecule has 2 aliphatic heterocycles. The van der Waals surface area contributed by atoms with Crippen LogP contribution in [0.15, 0.2) is 28.7 Å². The lowest BCUT2D eigenvalue weighted by Gasteiger charge is -2.37. The van der Waals surface area contributed by atoms with Gasteiger partial charge in [0.05, 0.1) is 23.8 Å². The molecule has 1 spiro atoms. The zero-order chi connectivity index (χ0) is 18.0. The molecule has 2 fully saturated rings. The first-order chi connectivity index (χ1) is 12.7. The first kappa shape index (κ1) is 17.5. The van der Waals surface area contributed by atoms with Crippen LogP contribution in [0.2, 0.25) is 5.02 Å². The van der Waals surface area contributed by atoms with Crippen LogP contribution in [0.4, 0.5) is 0 Å². The molecule has 1 aromatic heterocycles. The standard InChI is InChI=1S/C18H20ClN3O4/c19-14-4-2-1-3-13(14)17-21-20-15(26-17)5-6-16(23)22-9-7-18(8-10-22)24-11-12-25-18/h1-4H,5-12H2. The molecule has 8 heteroatoms. The maximum absolute atomic E-state index is 12.4. The Hall–Kier alpha value is -1.96. The summed E-state index contributed by atoms with van der Waals surface area (Å²) in [5, 5.41) is 8.60. The fourth-order valence-corrected chi connectivity index (χ4v) is 3.57. The summed E-state index contributed by atoms with van der Waals surface area (Å²) in [6.07, 6.45) is 2.18. The molecule has 0 saturated carbocycles. The summed E-state index contributed by atoms with van der Waals surface area (Å²) in [4.78, 5) is 14.3. The molecule has 0 unspecified atom stereocenters. The second-order valence-electron chi connectivity index (χ2n) is 6.47. The van der Waals surface area contributed by atoms with Gasteiger partial charge in [-0.3, -0.25) is 4.79 Å². The Kier molecular flexibility index (Phi) is 4.93. The normalized spacial score (nSPS) is 19.2. The third-order valence-electron chi connectivity index (χ3n) is 4.82. The van der Waals surface area contributed by atoms with Crippen molar-refractivity contribution in [2.24, 2.45) is 0 Å². The highest BCUT2D eigenvalue weighted by Gasteiger charge is 2.40. The third-order valence-corrected chi connectivity index (χ3v) is 5.14. The highest BCUT2D eigenvalue weighted by atomic mass is 35.5. The van der Waals surface area contributed by atoms with E-state index in [9.17, 15) is 4.79 Å². The second kappa shape index (κ2) is 7.34. The number of carbonyl (C=O) groups excluding carboxylic acids is 1. The zero-order valence-corrected chi connectivity index (χ0v) is 15.1. The van der Waals surface area contributed by atoms with E-state index in [-0.39, 0.29) is 5.91 Å². The van der Waals surface area contributed by atoms with E-state index in [0.717, 1.165) is 12.8 Å². The molecule has 2 aliphatic rings. The van der Waals surface area contributed by atoms with Crippen LogP contribution in [0.25, 0.3) is 11.5 Å². The van der Waals surface area contributed by atoms with Gasteiger partial charge >= 0.3 is 0 Å². The Morgan fingerprint density at radius 3 is 2.62 bits per heavy atom. The van der Waals surface area contributed by atoms with Gasteiger partial charge in [0.15, 0.2) is 5.79 Å². The van der Waals surface area contributed by atoms with Gasteiger partial charge in [0.2, 0.25) is 17.7 Å². The SMILES string of the molecule is O=C(CCc1nnc(-c2ccccc2Cl)o1)N1CCC2(CC1)OCCO2. The zero-order valence-electron chi connectivity index (χ0n) is 14.3. The van der Waals surface area contributed by atoms with Crippen molar-refractivity contribution in [1.82, 2.24) is 15.1 Å². The van der Waals surface area contributed by atoms with Gasteiger partial charge in [-0.2, -0.15) is 0 Å². The van der Waals surface area contributed by atoms with E-state index >= 15 is 0 Å². The van der Waals surface area contributed by atoms with Crippen LogP contribution in [0.5, 0.6) is 0 Å². The van der Waals surface area contributed by atoms with Crippen LogP contribution >= 0.6 is 11.6 Å². The summed E-state index contributed by atoms with van der Waals surface area (Å²) in [6, 6.07) is 7.29. The first-order valence-electron chi connectivity index (χ1n) is 8.78. The largest absolute Gasteiger partial charge is 0.421 e. The second-order valence-corrected chi connectivity index (χ2v) is 6.88. The number of amides is 1.